The van der Waals surface area contributed by atoms with Gasteiger partial charge in [-0.1, -0.05) is 31.9 Å². The number of carbonyl (C=O) groups is 2. The third-order valence-corrected chi connectivity index (χ3v) is 4.68. The lowest BCUT2D eigenvalue weighted by molar-refractivity contribution is -0.139. The predicted octanol–water partition coefficient (Wildman–Crippen LogP) is 2.87. The van der Waals surface area contributed by atoms with Crippen LogP contribution in [0.4, 0.5) is 4.39 Å². The van der Waals surface area contributed by atoms with Crippen LogP contribution in [-0.4, -0.2) is 32.8 Å². The Kier molecular flexibility index (Phi) is 5.35. The second kappa shape index (κ2) is 7.68. The highest BCUT2D eigenvalue weighted by molar-refractivity contribution is 5.96. The number of fused-ring (bicyclic) bond motifs is 1. The minimum absolute atomic E-state index is 0.198. The van der Waals surface area contributed by atoms with Gasteiger partial charge in [-0.3, -0.25) is 4.79 Å². The lowest BCUT2D eigenvalue weighted by Crippen LogP contribution is -2.41. The third kappa shape index (κ3) is 3.47. The van der Waals surface area contributed by atoms with Crippen molar-refractivity contribution in [3.8, 4) is 5.69 Å². The zero-order valence-corrected chi connectivity index (χ0v) is 14.7. The highest BCUT2D eigenvalue weighted by Gasteiger charge is 2.29. The van der Waals surface area contributed by atoms with E-state index in [0.717, 1.165) is 24.1 Å². The fourth-order valence-electron chi connectivity index (χ4n) is 3.33. The molecule has 3 rings (SSSR count). The van der Waals surface area contributed by atoms with E-state index in [1.165, 1.54) is 10.7 Å². The smallest absolute Gasteiger partial charge is 0.326 e. The molecule has 0 unspecified atom stereocenters. The van der Waals surface area contributed by atoms with Crippen molar-refractivity contribution in [1.29, 1.82) is 0 Å². The van der Waals surface area contributed by atoms with Crippen LogP contribution < -0.4 is 5.32 Å². The van der Waals surface area contributed by atoms with Gasteiger partial charge in [-0.15, -0.1) is 0 Å². The van der Waals surface area contributed by atoms with Crippen LogP contribution >= 0.6 is 0 Å². The number of unbranched alkanes of at least 4 members (excludes halogenated alkanes) is 1. The minimum atomic E-state index is -1.06. The topological polar surface area (TPSA) is 84.2 Å². The average Bonchev–Trinajstić information content (AvgIpc) is 3.21. The molecule has 0 bridgehead atoms. The highest BCUT2D eigenvalue weighted by atomic mass is 19.1. The summed E-state index contributed by atoms with van der Waals surface area (Å²) in [4.78, 5) is 24.1. The van der Waals surface area contributed by atoms with Gasteiger partial charge in [0.25, 0.3) is 5.91 Å². The number of para-hydroxylation sites is 1. The molecular weight excluding hydrogens is 337 g/mol. The van der Waals surface area contributed by atoms with E-state index in [-0.39, 0.29) is 5.69 Å². The number of amides is 1. The molecule has 7 heteroatoms. The van der Waals surface area contributed by atoms with Crippen LogP contribution in [0.2, 0.25) is 0 Å². The van der Waals surface area contributed by atoms with E-state index in [1.807, 2.05) is 6.92 Å². The summed E-state index contributed by atoms with van der Waals surface area (Å²) >= 11 is 0. The van der Waals surface area contributed by atoms with Crippen molar-refractivity contribution in [2.45, 2.75) is 51.5 Å². The first-order valence-corrected chi connectivity index (χ1v) is 8.92. The Bertz CT molecular complexity index is 831. The van der Waals surface area contributed by atoms with Crippen LogP contribution in [0.3, 0.4) is 0 Å². The van der Waals surface area contributed by atoms with E-state index < -0.39 is 23.7 Å². The lowest BCUT2D eigenvalue weighted by atomic mass is 10.1. The minimum Gasteiger partial charge on any atom is -0.480 e. The van der Waals surface area contributed by atoms with Crippen molar-refractivity contribution in [3.05, 3.63) is 47.0 Å². The highest BCUT2D eigenvalue weighted by Crippen LogP contribution is 2.28. The first-order chi connectivity index (χ1) is 12.5. The van der Waals surface area contributed by atoms with Gasteiger partial charge in [0.2, 0.25) is 0 Å². The number of halogens is 1. The van der Waals surface area contributed by atoms with Gasteiger partial charge < -0.3 is 10.4 Å². The quantitative estimate of drug-likeness (QED) is 0.796. The van der Waals surface area contributed by atoms with Gasteiger partial charge in [-0.25, -0.2) is 13.9 Å². The number of carbonyl (C=O) groups excluding carboxylic acids is 1. The van der Waals surface area contributed by atoms with Gasteiger partial charge in [-0.2, -0.15) is 5.10 Å². The van der Waals surface area contributed by atoms with Crippen molar-refractivity contribution in [2.24, 2.45) is 0 Å². The summed E-state index contributed by atoms with van der Waals surface area (Å²) in [5.41, 5.74) is 2.10. The molecule has 138 valence electrons. The second-order valence-corrected chi connectivity index (χ2v) is 6.50. The molecule has 1 aromatic carbocycles. The second-order valence-electron chi connectivity index (χ2n) is 6.50. The van der Waals surface area contributed by atoms with Gasteiger partial charge in [-0.05, 0) is 37.8 Å². The van der Waals surface area contributed by atoms with Crippen LogP contribution in [0.15, 0.2) is 24.3 Å². The van der Waals surface area contributed by atoms with Gasteiger partial charge in [0.1, 0.15) is 17.5 Å². The Morgan fingerprint density at radius 1 is 1.35 bits per heavy atom. The van der Waals surface area contributed by atoms with Crippen molar-refractivity contribution < 1.29 is 19.1 Å². The van der Waals surface area contributed by atoms with Gasteiger partial charge in [0.05, 0.1) is 0 Å². The zero-order chi connectivity index (χ0) is 18.7. The number of hydrogen-bond acceptors (Lipinski definition) is 3. The molecule has 1 aliphatic rings. The summed E-state index contributed by atoms with van der Waals surface area (Å²) in [6, 6.07) is 5.33. The molecule has 0 saturated heterocycles. The fourth-order valence-corrected chi connectivity index (χ4v) is 3.33. The number of aromatic nitrogens is 2. The van der Waals surface area contributed by atoms with E-state index >= 15 is 0 Å². The molecule has 0 spiro atoms. The van der Waals surface area contributed by atoms with Crippen molar-refractivity contribution in [1.82, 2.24) is 15.1 Å². The fraction of sp³-hybridized carbons (Fsp3) is 0.421. The number of nitrogens with zero attached hydrogens (tertiary/aromatic N) is 2. The van der Waals surface area contributed by atoms with Crippen LogP contribution in [0.1, 0.15) is 54.4 Å². The van der Waals surface area contributed by atoms with Gasteiger partial charge in [0, 0.05) is 11.3 Å². The molecule has 26 heavy (non-hydrogen) atoms. The Labute approximate surface area is 151 Å². The van der Waals surface area contributed by atoms with Crippen LogP contribution in [-0.2, 0) is 17.6 Å². The standard InChI is InChI=1S/C19H22FN3O3/c1-2-3-9-14(19(25)26)21-18(24)17-12-7-6-11-15(12)23(22-17)16-10-5-4-8-13(16)20/h4-5,8,10,14H,2-3,6-7,9,11H2,1H3,(H,21,24)(H,25,26)/t14-/m0/s1. The summed E-state index contributed by atoms with van der Waals surface area (Å²) < 4.78 is 15.7. The van der Waals surface area contributed by atoms with E-state index in [9.17, 15) is 19.1 Å². The van der Waals surface area contributed by atoms with Gasteiger partial charge >= 0.3 is 5.97 Å². The maximum absolute atomic E-state index is 14.2. The molecule has 2 N–H and O–H groups in total. The lowest BCUT2D eigenvalue weighted by Gasteiger charge is -2.13. The van der Waals surface area contributed by atoms with Crippen molar-refractivity contribution in [2.75, 3.05) is 0 Å². The molecule has 1 aliphatic carbocycles. The van der Waals surface area contributed by atoms with Crippen LogP contribution in [0, 0.1) is 5.82 Å². The monoisotopic (exact) mass is 359 g/mol. The Morgan fingerprint density at radius 2 is 2.12 bits per heavy atom. The Morgan fingerprint density at radius 3 is 2.81 bits per heavy atom. The molecule has 1 amide bonds. The predicted molar refractivity (Wildman–Crippen MR) is 94.0 cm³/mol. The van der Waals surface area contributed by atoms with Crippen molar-refractivity contribution in [3.63, 3.8) is 0 Å². The van der Waals surface area contributed by atoms with Crippen LogP contribution in [0.5, 0.6) is 0 Å². The molecule has 1 aromatic heterocycles. The molecule has 6 nitrogen and oxygen atoms in total. The number of rotatable bonds is 7. The first kappa shape index (κ1) is 18.1. The largest absolute Gasteiger partial charge is 0.480 e. The van der Waals surface area contributed by atoms with Crippen molar-refractivity contribution >= 4 is 11.9 Å². The molecule has 0 radical (unpaired) electrons. The van der Waals surface area contributed by atoms with Gasteiger partial charge in [0.15, 0.2) is 5.69 Å². The molecular formula is C19H22FN3O3. The number of carboxylic acids is 1. The maximum Gasteiger partial charge on any atom is 0.326 e. The van der Waals surface area contributed by atoms with Crippen LogP contribution in [0.25, 0.3) is 5.69 Å². The first-order valence-electron chi connectivity index (χ1n) is 8.92. The summed E-state index contributed by atoms with van der Waals surface area (Å²) in [7, 11) is 0. The SMILES string of the molecule is CCCC[C@H](NC(=O)c1nn(-c2ccccc2F)c2c1CCC2)C(=O)O. The molecule has 2 aromatic rings. The molecule has 1 heterocycles. The summed E-state index contributed by atoms with van der Waals surface area (Å²) in [6.45, 7) is 1.96. The summed E-state index contributed by atoms with van der Waals surface area (Å²) in [5, 5.41) is 16.2. The molecule has 0 aliphatic heterocycles. The third-order valence-electron chi connectivity index (χ3n) is 4.68. The average molecular weight is 359 g/mol. The van der Waals surface area contributed by atoms with E-state index in [1.54, 1.807) is 18.2 Å². The number of nitrogens with one attached hydrogen (secondary N) is 1. The Hall–Kier alpha value is -2.70. The number of aliphatic carboxylic acids is 1. The number of hydrogen-bond donors (Lipinski definition) is 2. The summed E-state index contributed by atoms with van der Waals surface area (Å²) in [6.07, 6.45) is 4.17. The van der Waals surface area contributed by atoms with E-state index in [4.69, 9.17) is 0 Å². The number of benzene rings is 1. The molecule has 1 atom stereocenters. The number of carboxylic acid groups (broad SMARTS) is 1. The van der Waals surface area contributed by atoms with E-state index in [2.05, 4.69) is 10.4 Å². The van der Waals surface area contributed by atoms with E-state index in [0.29, 0.717) is 31.4 Å². The molecule has 0 fully saturated rings. The Balaban J connectivity index is 1.91. The normalized spacial score (nSPS) is 14.1. The summed E-state index contributed by atoms with van der Waals surface area (Å²) in [5.74, 6) is -1.98. The maximum atomic E-state index is 14.2. The zero-order valence-electron chi connectivity index (χ0n) is 14.7. The molecule has 0 saturated carbocycles.